The molecule has 3 rings (SSSR count). The Morgan fingerprint density at radius 3 is 2.34 bits per heavy atom. The lowest BCUT2D eigenvalue weighted by Crippen LogP contribution is -2.48. The molecule has 1 unspecified atom stereocenters. The molecule has 7 heteroatoms. The molecule has 0 saturated carbocycles. The molecule has 1 fully saturated rings. The summed E-state index contributed by atoms with van der Waals surface area (Å²) in [7, 11) is 0. The van der Waals surface area contributed by atoms with Crippen molar-refractivity contribution in [3.8, 4) is 5.75 Å². The third-order valence-corrected chi connectivity index (χ3v) is 6.24. The van der Waals surface area contributed by atoms with Gasteiger partial charge >= 0.3 is 0 Å². The minimum Gasteiger partial charge on any atom is -0.484 e. The minimum absolute atomic E-state index is 0.0739. The molecule has 1 aliphatic rings. The van der Waals surface area contributed by atoms with Crippen LogP contribution in [0.2, 0.25) is 5.02 Å². The molecule has 2 amide bonds. The molecule has 32 heavy (non-hydrogen) atoms. The number of benzene rings is 2. The van der Waals surface area contributed by atoms with Crippen molar-refractivity contribution in [2.24, 2.45) is 0 Å². The summed E-state index contributed by atoms with van der Waals surface area (Å²) in [6.45, 7) is 9.01. The number of carbonyl (C=O) groups is 2. The molecule has 2 aromatic carbocycles. The monoisotopic (exact) mass is 457 g/mol. The van der Waals surface area contributed by atoms with Gasteiger partial charge in [-0.05, 0) is 48.2 Å². The first-order valence-corrected chi connectivity index (χ1v) is 11.6. The Morgan fingerprint density at radius 2 is 1.75 bits per heavy atom. The van der Waals surface area contributed by atoms with Gasteiger partial charge in [0.25, 0.3) is 5.91 Å². The smallest absolute Gasteiger partial charge is 0.262 e. The van der Waals surface area contributed by atoms with Crippen LogP contribution in [0.4, 0.5) is 11.4 Å². The van der Waals surface area contributed by atoms with Crippen LogP contribution in [0, 0.1) is 0 Å². The average Bonchev–Trinajstić information content (AvgIpc) is 2.82. The fraction of sp³-hybridized carbons (Fsp3) is 0.440. The molecule has 6 nitrogen and oxygen atoms in total. The standard InChI is InChI=1S/C25H32ClN3O3/c1-4-18(3)19-6-9-21(10-7-19)32-17-24(30)27-20-8-11-23(22(26)16-20)28-12-14-29(15-13-28)25(31)5-2/h6-11,16,18H,4-5,12-15,17H2,1-3H3,(H,27,30). The van der Waals surface area contributed by atoms with Crippen molar-refractivity contribution in [2.75, 3.05) is 43.0 Å². The molecule has 1 heterocycles. The number of ether oxygens (including phenoxy) is 1. The summed E-state index contributed by atoms with van der Waals surface area (Å²) in [4.78, 5) is 28.2. The lowest BCUT2D eigenvalue weighted by atomic mass is 9.99. The molecule has 0 radical (unpaired) electrons. The molecule has 0 aliphatic carbocycles. The Kier molecular flexibility index (Phi) is 8.39. The number of hydrogen-bond donors (Lipinski definition) is 1. The molecule has 2 aromatic rings. The summed E-state index contributed by atoms with van der Waals surface area (Å²) in [5, 5.41) is 3.40. The first-order chi connectivity index (χ1) is 15.4. The van der Waals surface area contributed by atoms with E-state index in [1.165, 1.54) is 5.56 Å². The third-order valence-electron chi connectivity index (χ3n) is 5.94. The maximum absolute atomic E-state index is 12.3. The molecular formula is C25H32ClN3O3. The van der Waals surface area contributed by atoms with Gasteiger partial charge in [0, 0.05) is 38.3 Å². The molecule has 1 aliphatic heterocycles. The van der Waals surface area contributed by atoms with Crippen LogP contribution in [0.15, 0.2) is 42.5 Å². The number of rotatable bonds is 8. The van der Waals surface area contributed by atoms with Crippen LogP contribution in [-0.2, 0) is 9.59 Å². The van der Waals surface area contributed by atoms with Gasteiger partial charge in [0.1, 0.15) is 5.75 Å². The van der Waals surface area contributed by atoms with Crippen molar-refractivity contribution in [1.29, 1.82) is 0 Å². The summed E-state index contributed by atoms with van der Waals surface area (Å²) in [6, 6.07) is 13.4. The maximum Gasteiger partial charge on any atom is 0.262 e. The van der Waals surface area contributed by atoms with E-state index in [0.717, 1.165) is 25.2 Å². The van der Waals surface area contributed by atoms with E-state index >= 15 is 0 Å². The van der Waals surface area contributed by atoms with Crippen molar-refractivity contribution in [2.45, 2.75) is 39.5 Å². The second-order valence-electron chi connectivity index (χ2n) is 8.10. The number of nitrogens with one attached hydrogen (secondary N) is 1. The molecule has 0 bridgehead atoms. The molecular weight excluding hydrogens is 426 g/mol. The first kappa shape index (κ1) is 23.9. The highest BCUT2D eigenvalue weighted by Crippen LogP contribution is 2.30. The molecule has 0 spiro atoms. The fourth-order valence-corrected chi connectivity index (χ4v) is 4.04. The van der Waals surface area contributed by atoms with Crippen molar-refractivity contribution in [3.63, 3.8) is 0 Å². The number of carbonyl (C=O) groups excluding carboxylic acids is 2. The highest BCUT2D eigenvalue weighted by molar-refractivity contribution is 6.33. The SMILES string of the molecule is CCC(=O)N1CCN(c2ccc(NC(=O)COc3ccc(C(C)CC)cc3)cc2Cl)CC1. The third kappa shape index (κ3) is 6.16. The van der Waals surface area contributed by atoms with Gasteiger partial charge in [-0.15, -0.1) is 0 Å². The van der Waals surface area contributed by atoms with E-state index in [1.807, 2.05) is 48.2 Å². The molecule has 1 N–H and O–H groups in total. The summed E-state index contributed by atoms with van der Waals surface area (Å²) in [5.41, 5.74) is 2.79. The maximum atomic E-state index is 12.3. The zero-order valence-electron chi connectivity index (χ0n) is 19.1. The first-order valence-electron chi connectivity index (χ1n) is 11.3. The number of piperazine rings is 1. The molecule has 172 valence electrons. The van der Waals surface area contributed by atoms with Crippen LogP contribution in [0.3, 0.4) is 0 Å². The van der Waals surface area contributed by atoms with E-state index in [-0.39, 0.29) is 18.4 Å². The van der Waals surface area contributed by atoms with Crippen molar-refractivity contribution in [1.82, 2.24) is 4.90 Å². The van der Waals surface area contributed by atoms with E-state index in [0.29, 0.717) is 41.9 Å². The second kappa shape index (κ2) is 11.2. The van der Waals surface area contributed by atoms with E-state index in [9.17, 15) is 9.59 Å². The van der Waals surface area contributed by atoms with Gasteiger partial charge < -0.3 is 19.9 Å². The highest BCUT2D eigenvalue weighted by Gasteiger charge is 2.21. The van der Waals surface area contributed by atoms with Gasteiger partial charge in [0.05, 0.1) is 10.7 Å². The number of amides is 2. The zero-order valence-corrected chi connectivity index (χ0v) is 19.8. The Labute approximate surface area is 195 Å². The number of anilines is 2. The van der Waals surface area contributed by atoms with E-state index < -0.39 is 0 Å². The van der Waals surface area contributed by atoms with Gasteiger partial charge in [-0.3, -0.25) is 9.59 Å². The van der Waals surface area contributed by atoms with Crippen LogP contribution < -0.4 is 15.0 Å². The Morgan fingerprint density at radius 1 is 1.06 bits per heavy atom. The molecule has 0 aromatic heterocycles. The van der Waals surface area contributed by atoms with Crippen LogP contribution in [0.1, 0.15) is 45.1 Å². The summed E-state index contributed by atoms with van der Waals surface area (Å²) in [5.74, 6) is 1.11. The molecule has 1 saturated heterocycles. The number of hydrogen-bond acceptors (Lipinski definition) is 4. The Bertz CT molecular complexity index is 925. The Hall–Kier alpha value is -2.73. The Balaban J connectivity index is 1.51. The van der Waals surface area contributed by atoms with Gasteiger partial charge in [0.15, 0.2) is 6.61 Å². The number of nitrogens with zero attached hydrogens (tertiary/aromatic N) is 2. The number of halogens is 1. The predicted octanol–water partition coefficient (Wildman–Crippen LogP) is 4.93. The van der Waals surface area contributed by atoms with Crippen LogP contribution in [0.5, 0.6) is 5.75 Å². The average molecular weight is 458 g/mol. The lowest BCUT2D eigenvalue weighted by Gasteiger charge is -2.36. The van der Waals surface area contributed by atoms with Gasteiger partial charge in [-0.2, -0.15) is 0 Å². The highest BCUT2D eigenvalue weighted by atomic mass is 35.5. The van der Waals surface area contributed by atoms with Crippen molar-refractivity contribution >= 4 is 34.8 Å². The van der Waals surface area contributed by atoms with Crippen molar-refractivity contribution < 1.29 is 14.3 Å². The topological polar surface area (TPSA) is 61.9 Å². The largest absolute Gasteiger partial charge is 0.484 e. The fourth-order valence-electron chi connectivity index (χ4n) is 3.74. The quantitative estimate of drug-likeness (QED) is 0.610. The minimum atomic E-state index is -0.244. The van der Waals surface area contributed by atoms with E-state index in [4.69, 9.17) is 16.3 Å². The molecule has 1 atom stereocenters. The summed E-state index contributed by atoms with van der Waals surface area (Å²) in [6.07, 6.45) is 1.61. The van der Waals surface area contributed by atoms with E-state index in [1.54, 1.807) is 6.07 Å². The van der Waals surface area contributed by atoms with Crippen molar-refractivity contribution in [3.05, 3.63) is 53.1 Å². The second-order valence-corrected chi connectivity index (χ2v) is 8.51. The van der Waals surface area contributed by atoms with Crippen LogP contribution >= 0.6 is 11.6 Å². The van der Waals surface area contributed by atoms with Gasteiger partial charge in [-0.1, -0.05) is 44.5 Å². The van der Waals surface area contributed by atoms with Gasteiger partial charge in [-0.25, -0.2) is 0 Å². The predicted molar refractivity (Wildman–Crippen MR) is 130 cm³/mol. The normalized spacial score (nSPS) is 14.8. The van der Waals surface area contributed by atoms with Gasteiger partial charge in [0.2, 0.25) is 5.91 Å². The zero-order chi connectivity index (χ0) is 23.1. The summed E-state index contributed by atoms with van der Waals surface area (Å²) < 4.78 is 5.61. The van der Waals surface area contributed by atoms with Crippen LogP contribution in [-0.4, -0.2) is 49.5 Å². The van der Waals surface area contributed by atoms with E-state index in [2.05, 4.69) is 24.1 Å². The van der Waals surface area contributed by atoms with Crippen LogP contribution in [0.25, 0.3) is 0 Å². The lowest BCUT2D eigenvalue weighted by molar-refractivity contribution is -0.131. The summed E-state index contributed by atoms with van der Waals surface area (Å²) >= 11 is 6.49.